The average Bonchev–Trinajstić information content (AvgIpc) is 3.17. The first-order valence-electron chi connectivity index (χ1n) is 6.61. The van der Waals surface area contributed by atoms with Crippen molar-refractivity contribution >= 4 is 17.2 Å². The monoisotopic (exact) mass is 317 g/mol. The molecule has 0 aliphatic rings. The van der Waals surface area contributed by atoms with Gasteiger partial charge in [0.25, 0.3) is 0 Å². The van der Waals surface area contributed by atoms with E-state index >= 15 is 0 Å². The summed E-state index contributed by atoms with van der Waals surface area (Å²) in [6, 6.07) is 9.70. The van der Waals surface area contributed by atoms with Crippen LogP contribution >= 0.6 is 11.3 Å². The van der Waals surface area contributed by atoms with Gasteiger partial charge in [-0.25, -0.2) is 5.10 Å². The van der Waals surface area contributed by atoms with Crippen LogP contribution in [0.3, 0.4) is 0 Å². The molecule has 0 radical (unpaired) electrons. The maximum absolute atomic E-state index is 11.1. The zero-order valence-electron chi connectivity index (χ0n) is 12.2. The van der Waals surface area contributed by atoms with Gasteiger partial charge in [0.05, 0.1) is 19.3 Å². The molecule has 0 amide bonds. The number of ether oxygens (including phenoxy) is 1. The van der Waals surface area contributed by atoms with Crippen LogP contribution in [0, 0.1) is 0 Å². The van der Waals surface area contributed by atoms with Crippen LogP contribution in [-0.4, -0.2) is 34.6 Å². The molecule has 0 unspecified atom stereocenters. The van der Waals surface area contributed by atoms with Crippen LogP contribution in [0.2, 0.25) is 0 Å². The van der Waals surface area contributed by atoms with Crippen molar-refractivity contribution in [3.63, 3.8) is 0 Å². The Balaban J connectivity index is 1.75. The van der Waals surface area contributed by atoms with Crippen LogP contribution in [-0.2, 0) is 6.54 Å². The summed E-state index contributed by atoms with van der Waals surface area (Å²) in [5, 5.41) is 14.4. The van der Waals surface area contributed by atoms with Gasteiger partial charge in [0.2, 0.25) is 0 Å². The molecule has 0 spiro atoms. The second-order valence-corrected chi connectivity index (χ2v) is 5.78. The quantitative estimate of drug-likeness (QED) is 0.750. The first-order chi connectivity index (χ1) is 10.7. The minimum absolute atomic E-state index is 0.149. The van der Waals surface area contributed by atoms with E-state index in [9.17, 15) is 4.79 Å². The van der Waals surface area contributed by atoms with Crippen molar-refractivity contribution in [2.75, 3.05) is 19.1 Å². The van der Waals surface area contributed by atoms with E-state index in [1.54, 1.807) is 7.11 Å². The molecule has 8 heteroatoms. The van der Waals surface area contributed by atoms with Crippen molar-refractivity contribution < 1.29 is 4.74 Å². The first kappa shape index (κ1) is 14.3. The van der Waals surface area contributed by atoms with Crippen molar-refractivity contribution in [1.29, 1.82) is 0 Å². The Morgan fingerprint density at radius 3 is 2.64 bits per heavy atom. The van der Waals surface area contributed by atoms with Crippen LogP contribution in [0.5, 0.6) is 5.75 Å². The van der Waals surface area contributed by atoms with E-state index in [-0.39, 0.29) is 4.87 Å². The molecule has 22 heavy (non-hydrogen) atoms. The number of benzene rings is 1. The van der Waals surface area contributed by atoms with Crippen molar-refractivity contribution in [3.05, 3.63) is 45.0 Å². The van der Waals surface area contributed by atoms with E-state index in [1.165, 1.54) is 0 Å². The lowest BCUT2D eigenvalue weighted by molar-refractivity contribution is 0.415. The van der Waals surface area contributed by atoms with Gasteiger partial charge >= 0.3 is 4.87 Å². The van der Waals surface area contributed by atoms with E-state index in [1.807, 2.05) is 42.3 Å². The average molecular weight is 317 g/mol. The molecular formula is C14H15N5O2S. The number of aromatic amines is 2. The van der Waals surface area contributed by atoms with Gasteiger partial charge in [0.15, 0.2) is 5.82 Å². The number of nitrogens with one attached hydrogen (secondary N) is 2. The third-order valence-electron chi connectivity index (χ3n) is 3.21. The molecular weight excluding hydrogens is 302 g/mol. The third-order valence-corrected chi connectivity index (χ3v) is 3.94. The molecule has 0 bridgehead atoms. The molecule has 1 aromatic carbocycles. The standard InChI is InChI=1S/C14H15N5O2S/c1-19(8-13-17-18-14(20)22-13)12-7-11(15-16-12)9-3-5-10(21-2)6-4-9/h3-7H,8H2,1-2H3,(H,15,16)(H,18,20). The van der Waals surface area contributed by atoms with Gasteiger partial charge in [0.1, 0.15) is 10.8 Å². The van der Waals surface area contributed by atoms with Crippen LogP contribution in [0.15, 0.2) is 35.1 Å². The second-order valence-electron chi connectivity index (χ2n) is 4.73. The lowest BCUT2D eigenvalue weighted by Gasteiger charge is -2.13. The number of methoxy groups -OCH3 is 1. The lowest BCUT2D eigenvalue weighted by Crippen LogP contribution is -2.16. The number of rotatable bonds is 5. The van der Waals surface area contributed by atoms with E-state index in [2.05, 4.69) is 20.4 Å². The van der Waals surface area contributed by atoms with Gasteiger partial charge in [-0.2, -0.15) is 10.2 Å². The summed E-state index contributed by atoms with van der Waals surface area (Å²) in [6.07, 6.45) is 0. The van der Waals surface area contributed by atoms with E-state index in [0.29, 0.717) is 6.54 Å². The second kappa shape index (κ2) is 6.02. The predicted octanol–water partition coefficient (Wildman–Crippen LogP) is 1.87. The number of hydrogen-bond donors (Lipinski definition) is 2. The van der Waals surface area contributed by atoms with Crippen molar-refractivity contribution in [3.8, 4) is 17.0 Å². The maximum atomic E-state index is 11.1. The summed E-state index contributed by atoms with van der Waals surface area (Å²) in [7, 11) is 3.54. The van der Waals surface area contributed by atoms with E-state index in [0.717, 1.165) is 39.2 Å². The Labute approximate surface area is 130 Å². The van der Waals surface area contributed by atoms with Crippen LogP contribution < -0.4 is 14.5 Å². The molecule has 3 aromatic rings. The molecule has 7 nitrogen and oxygen atoms in total. The largest absolute Gasteiger partial charge is 0.497 e. The summed E-state index contributed by atoms with van der Waals surface area (Å²) in [5.74, 6) is 1.60. The van der Waals surface area contributed by atoms with Crippen molar-refractivity contribution in [1.82, 2.24) is 20.4 Å². The highest BCUT2D eigenvalue weighted by atomic mass is 32.1. The van der Waals surface area contributed by atoms with Gasteiger partial charge < -0.3 is 9.64 Å². The minimum Gasteiger partial charge on any atom is -0.497 e. The summed E-state index contributed by atoms with van der Waals surface area (Å²) >= 11 is 1.10. The molecule has 2 N–H and O–H groups in total. The Morgan fingerprint density at radius 1 is 1.23 bits per heavy atom. The Kier molecular flexibility index (Phi) is 3.92. The van der Waals surface area contributed by atoms with Crippen LogP contribution in [0.25, 0.3) is 11.3 Å². The number of hydrogen-bond acceptors (Lipinski definition) is 6. The molecule has 2 heterocycles. The van der Waals surface area contributed by atoms with Gasteiger partial charge in [-0.1, -0.05) is 11.3 Å². The normalized spacial score (nSPS) is 10.6. The summed E-state index contributed by atoms with van der Waals surface area (Å²) in [4.78, 5) is 12.9. The fourth-order valence-electron chi connectivity index (χ4n) is 2.04. The molecule has 0 saturated carbocycles. The van der Waals surface area contributed by atoms with E-state index < -0.39 is 0 Å². The summed E-state index contributed by atoms with van der Waals surface area (Å²) in [5.41, 5.74) is 1.94. The minimum atomic E-state index is -0.149. The Hall–Kier alpha value is -2.61. The maximum Gasteiger partial charge on any atom is 0.322 e. The Morgan fingerprint density at radius 2 is 2.00 bits per heavy atom. The molecule has 0 fully saturated rings. The fraction of sp³-hybridized carbons (Fsp3) is 0.214. The smallest absolute Gasteiger partial charge is 0.322 e. The molecule has 3 rings (SSSR count). The van der Waals surface area contributed by atoms with Crippen molar-refractivity contribution in [2.24, 2.45) is 0 Å². The summed E-state index contributed by atoms with van der Waals surface area (Å²) < 4.78 is 5.15. The zero-order valence-corrected chi connectivity index (χ0v) is 13.0. The highest BCUT2D eigenvalue weighted by Gasteiger charge is 2.10. The molecule has 114 valence electrons. The number of H-pyrrole nitrogens is 2. The Bertz CT molecular complexity index is 805. The van der Waals surface area contributed by atoms with Gasteiger partial charge in [-0.3, -0.25) is 9.89 Å². The SMILES string of the molecule is COc1ccc(-c2cc(N(C)Cc3n[nH]c(=O)s3)n[nH]2)cc1. The third kappa shape index (κ3) is 3.01. The summed E-state index contributed by atoms with van der Waals surface area (Å²) in [6.45, 7) is 0.524. The number of nitrogens with zero attached hydrogens (tertiary/aromatic N) is 3. The zero-order chi connectivity index (χ0) is 15.5. The number of anilines is 1. The molecule has 2 aromatic heterocycles. The highest BCUT2D eigenvalue weighted by Crippen LogP contribution is 2.24. The van der Waals surface area contributed by atoms with Gasteiger partial charge in [-0.15, -0.1) is 0 Å². The van der Waals surface area contributed by atoms with Gasteiger partial charge in [0, 0.05) is 13.1 Å². The molecule has 0 aliphatic heterocycles. The topological polar surface area (TPSA) is 86.9 Å². The number of aromatic nitrogens is 4. The molecule has 0 atom stereocenters. The van der Waals surface area contributed by atoms with Crippen molar-refractivity contribution in [2.45, 2.75) is 6.54 Å². The van der Waals surface area contributed by atoms with E-state index in [4.69, 9.17) is 4.74 Å². The fourth-order valence-corrected chi connectivity index (χ4v) is 2.69. The highest BCUT2D eigenvalue weighted by molar-refractivity contribution is 7.08. The molecule has 0 aliphatic carbocycles. The molecule has 0 saturated heterocycles. The first-order valence-corrected chi connectivity index (χ1v) is 7.42. The van der Waals surface area contributed by atoms with Crippen LogP contribution in [0.1, 0.15) is 5.01 Å². The van der Waals surface area contributed by atoms with Gasteiger partial charge in [-0.05, 0) is 29.8 Å². The predicted molar refractivity (Wildman–Crippen MR) is 85.4 cm³/mol. The lowest BCUT2D eigenvalue weighted by atomic mass is 10.1. The van der Waals surface area contributed by atoms with Crippen LogP contribution in [0.4, 0.5) is 5.82 Å².